The van der Waals surface area contributed by atoms with Crippen molar-refractivity contribution in [1.82, 2.24) is 9.80 Å². The highest BCUT2D eigenvalue weighted by atomic mass is 16.5. The van der Waals surface area contributed by atoms with Crippen molar-refractivity contribution >= 4 is 5.91 Å². The monoisotopic (exact) mass is 346 g/mol. The summed E-state index contributed by atoms with van der Waals surface area (Å²) in [5.41, 5.74) is 0.440. The fraction of sp³-hybridized carbons (Fsp3) is 0.650. The summed E-state index contributed by atoms with van der Waals surface area (Å²) in [7, 11) is 0. The highest BCUT2D eigenvalue weighted by Crippen LogP contribution is 2.28. The fourth-order valence-corrected chi connectivity index (χ4v) is 4.00. The molecule has 1 aromatic carbocycles. The first-order valence-electron chi connectivity index (χ1n) is 9.33. The predicted molar refractivity (Wildman–Crippen MR) is 97.1 cm³/mol. The van der Waals surface area contributed by atoms with E-state index in [1.54, 1.807) is 13.8 Å². The SMILES string of the molecule is CC(C)(O)C1CCCN1C(=O)CC1CN(Cc2ccccc2)CCO1. The highest BCUT2D eigenvalue weighted by Gasteiger charge is 2.39. The molecule has 25 heavy (non-hydrogen) atoms. The summed E-state index contributed by atoms with van der Waals surface area (Å²) < 4.78 is 5.85. The summed E-state index contributed by atoms with van der Waals surface area (Å²) in [4.78, 5) is 17.0. The molecule has 0 aromatic heterocycles. The largest absolute Gasteiger partial charge is 0.388 e. The zero-order chi connectivity index (χ0) is 17.9. The molecule has 2 aliphatic rings. The average Bonchev–Trinajstić information content (AvgIpc) is 3.06. The third kappa shape index (κ3) is 4.81. The molecular weight excluding hydrogens is 316 g/mol. The predicted octanol–water partition coefficient (Wildman–Crippen LogP) is 2.04. The van der Waals surface area contributed by atoms with Gasteiger partial charge in [0.15, 0.2) is 0 Å². The van der Waals surface area contributed by atoms with Gasteiger partial charge < -0.3 is 14.7 Å². The van der Waals surface area contributed by atoms with Gasteiger partial charge in [-0.1, -0.05) is 30.3 Å². The molecule has 3 rings (SSSR count). The summed E-state index contributed by atoms with van der Waals surface area (Å²) in [6.07, 6.45) is 2.18. The summed E-state index contributed by atoms with van der Waals surface area (Å²) in [6.45, 7) is 7.57. The van der Waals surface area contributed by atoms with Crippen LogP contribution in [0.1, 0.15) is 38.7 Å². The van der Waals surface area contributed by atoms with Crippen LogP contribution >= 0.6 is 0 Å². The Morgan fingerprint density at radius 2 is 2.04 bits per heavy atom. The number of rotatable bonds is 5. The molecule has 2 fully saturated rings. The second-order valence-corrected chi connectivity index (χ2v) is 7.82. The molecule has 0 aliphatic carbocycles. The van der Waals surface area contributed by atoms with Crippen LogP contribution in [0.5, 0.6) is 0 Å². The van der Waals surface area contributed by atoms with Crippen LogP contribution < -0.4 is 0 Å². The number of amides is 1. The van der Waals surface area contributed by atoms with E-state index < -0.39 is 5.60 Å². The van der Waals surface area contributed by atoms with Gasteiger partial charge in [-0.15, -0.1) is 0 Å². The van der Waals surface area contributed by atoms with Crippen molar-refractivity contribution in [2.24, 2.45) is 0 Å². The number of likely N-dealkylation sites (tertiary alicyclic amines) is 1. The van der Waals surface area contributed by atoms with Gasteiger partial charge in [0.25, 0.3) is 0 Å². The number of nitrogens with zero attached hydrogens (tertiary/aromatic N) is 2. The maximum Gasteiger partial charge on any atom is 0.225 e. The van der Waals surface area contributed by atoms with E-state index in [-0.39, 0.29) is 18.1 Å². The van der Waals surface area contributed by atoms with Gasteiger partial charge in [0.2, 0.25) is 5.91 Å². The van der Waals surface area contributed by atoms with Gasteiger partial charge in [0.05, 0.1) is 30.8 Å². The summed E-state index contributed by atoms with van der Waals surface area (Å²) in [5.74, 6) is 0.108. The molecule has 0 saturated carbocycles. The number of benzene rings is 1. The number of ether oxygens (including phenoxy) is 1. The van der Waals surface area contributed by atoms with Gasteiger partial charge in [-0.3, -0.25) is 9.69 Å². The molecule has 0 spiro atoms. The fourth-order valence-electron chi connectivity index (χ4n) is 4.00. The van der Waals surface area contributed by atoms with Crippen molar-refractivity contribution in [3.8, 4) is 0 Å². The Labute approximate surface area is 150 Å². The molecule has 2 heterocycles. The summed E-state index contributed by atoms with van der Waals surface area (Å²) >= 11 is 0. The Balaban J connectivity index is 1.54. The maximum atomic E-state index is 12.8. The number of carbonyl (C=O) groups is 1. The van der Waals surface area contributed by atoms with E-state index >= 15 is 0 Å². The van der Waals surface area contributed by atoms with Gasteiger partial charge in [-0.05, 0) is 32.3 Å². The minimum absolute atomic E-state index is 0.0620. The van der Waals surface area contributed by atoms with Crippen LogP contribution in [0.4, 0.5) is 0 Å². The zero-order valence-electron chi connectivity index (χ0n) is 15.4. The van der Waals surface area contributed by atoms with E-state index in [9.17, 15) is 9.90 Å². The van der Waals surface area contributed by atoms with Crippen molar-refractivity contribution in [3.05, 3.63) is 35.9 Å². The first-order chi connectivity index (χ1) is 11.9. The quantitative estimate of drug-likeness (QED) is 0.886. The summed E-state index contributed by atoms with van der Waals surface area (Å²) in [5, 5.41) is 10.3. The smallest absolute Gasteiger partial charge is 0.225 e. The average molecular weight is 346 g/mol. The molecule has 2 aliphatic heterocycles. The second kappa shape index (κ2) is 7.85. The Morgan fingerprint density at radius 3 is 2.76 bits per heavy atom. The first-order valence-corrected chi connectivity index (χ1v) is 9.33. The lowest BCUT2D eigenvalue weighted by Crippen LogP contribution is -2.50. The van der Waals surface area contributed by atoms with Crippen LogP contribution in [0.3, 0.4) is 0 Å². The maximum absolute atomic E-state index is 12.8. The Hall–Kier alpha value is -1.43. The standard InChI is InChI=1S/C20H30N2O3/c1-20(2,24)18-9-6-10-22(18)19(23)13-17-15-21(11-12-25-17)14-16-7-4-3-5-8-16/h3-5,7-8,17-18,24H,6,9-15H2,1-2H3. The third-order valence-electron chi connectivity index (χ3n) is 5.26. The first kappa shape index (κ1) is 18.4. The van der Waals surface area contributed by atoms with Crippen LogP contribution in [-0.2, 0) is 16.1 Å². The number of aliphatic hydroxyl groups is 1. The van der Waals surface area contributed by atoms with Crippen LogP contribution in [0.15, 0.2) is 30.3 Å². The van der Waals surface area contributed by atoms with Gasteiger partial charge in [-0.2, -0.15) is 0 Å². The van der Waals surface area contributed by atoms with E-state index in [0.29, 0.717) is 13.0 Å². The Bertz CT molecular complexity index is 570. The second-order valence-electron chi connectivity index (χ2n) is 7.82. The summed E-state index contributed by atoms with van der Waals surface area (Å²) in [6, 6.07) is 10.3. The molecule has 5 heteroatoms. The topological polar surface area (TPSA) is 53.0 Å². The molecule has 1 aromatic rings. The van der Waals surface area contributed by atoms with Gasteiger partial charge in [0.1, 0.15) is 0 Å². The molecule has 1 N–H and O–H groups in total. The van der Waals surface area contributed by atoms with Gasteiger partial charge in [-0.25, -0.2) is 0 Å². The van der Waals surface area contributed by atoms with Crippen LogP contribution in [0.2, 0.25) is 0 Å². The van der Waals surface area contributed by atoms with E-state index in [2.05, 4.69) is 29.2 Å². The molecule has 5 nitrogen and oxygen atoms in total. The minimum atomic E-state index is -0.848. The molecule has 1 amide bonds. The van der Waals surface area contributed by atoms with Crippen molar-refractivity contribution in [1.29, 1.82) is 0 Å². The normalized spacial score (nSPS) is 25.3. The third-order valence-corrected chi connectivity index (χ3v) is 5.26. The van der Waals surface area contributed by atoms with Gasteiger partial charge in [0, 0.05) is 26.2 Å². The number of hydrogen-bond acceptors (Lipinski definition) is 4. The number of carbonyl (C=O) groups excluding carboxylic acids is 1. The van der Waals surface area contributed by atoms with Crippen molar-refractivity contribution < 1.29 is 14.6 Å². The molecule has 138 valence electrons. The molecular formula is C20H30N2O3. The van der Waals surface area contributed by atoms with E-state index in [1.165, 1.54) is 5.56 Å². The number of morpholine rings is 1. The number of hydrogen-bond donors (Lipinski definition) is 1. The Morgan fingerprint density at radius 1 is 1.28 bits per heavy atom. The lowest BCUT2D eigenvalue weighted by molar-refractivity contribution is -0.141. The Kier molecular flexibility index (Phi) is 5.77. The molecule has 0 bridgehead atoms. The lowest BCUT2D eigenvalue weighted by atomic mass is 9.96. The molecule has 0 radical (unpaired) electrons. The van der Waals surface area contributed by atoms with Crippen molar-refractivity contribution in [2.75, 3.05) is 26.2 Å². The minimum Gasteiger partial charge on any atom is -0.388 e. The molecule has 2 atom stereocenters. The van der Waals surface area contributed by atoms with E-state index in [0.717, 1.165) is 39.0 Å². The highest BCUT2D eigenvalue weighted by molar-refractivity contribution is 5.77. The zero-order valence-corrected chi connectivity index (χ0v) is 15.4. The van der Waals surface area contributed by atoms with Crippen LogP contribution in [0, 0.1) is 0 Å². The van der Waals surface area contributed by atoms with E-state index in [4.69, 9.17) is 4.74 Å². The van der Waals surface area contributed by atoms with Gasteiger partial charge >= 0.3 is 0 Å². The molecule has 2 saturated heterocycles. The van der Waals surface area contributed by atoms with Crippen molar-refractivity contribution in [2.45, 2.75) is 57.4 Å². The van der Waals surface area contributed by atoms with Crippen LogP contribution in [0.25, 0.3) is 0 Å². The van der Waals surface area contributed by atoms with Crippen molar-refractivity contribution in [3.63, 3.8) is 0 Å². The molecule has 2 unspecified atom stereocenters. The lowest BCUT2D eigenvalue weighted by Gasteiger charge is -2.36. The van der Waals surface area contributed by atoms with Crippen LogP contribution in [-0.4, -0.2) is 64.8 Å². The van der Waals surface area contributed by atoms with E-state index in [1.807, 2.05) is 11.0 Å².